The molecule has 2 aromatic rings. The molecule has 1 nitrogen and oxygen atoms in total. The summed E-state index contributed by atoms with van der Waals surface area (Å²) in [5.74, 6) is -0.00224. The van der Waals surface area contributed by atoms with Gasteiger partial charge in [0.15, 0.2) is 5.78 Å². The molecule has 0 radical (unpaired) electrons. The van der Waals surface area contributed by atoms with Crippen LogP contribution in [0.2, 0.25) is 0 Å². The van der Waals surface area contributed by atoms with E-state index in [-0.39, 0.29) is 5.78 Å². The highest BCUT2D eigenvalue weighted by Crippen LogP contribution is 2.30. The summed E-state index contributed by atoms with van der Waals surface area (Å²) in [5.41, 5.74) is 1.21. The van der Waals surface area contributed by atoms with Gasteiger partial charge in [-0.2, -0.15) is 13.2 Å². The van der Waals surface area contributed by atoms with Crippen LogP contribution in [0.3, 0.4) is 0 Å². The minimum Gasteiger partial charge on any atom is -0.294 e. The van der Waals surface area contributed by atoms with Crippen LogP contribution in [0.5, 0.6) is 0 Å². The van der Waals surface area contributed by atoms with Crippen molar-refractivity contribution in [2.75, 3.05) is 0 Å². The Morgan fingerprint density at radius 2 is 1.76 bits per heavy atom. The molecule has 0 spiro atoms. The lowest BCUT2D eigenvalue weighted by Crippen LogP contribution is -2.06. The number of benzene rings is 2. The largest absolute Gasteiger partial charge is 0.416 e. The van der Waals surface area contributed by atoms with E-state index in [9.17, 15) is 18.0 Å². The first-order valence-corrected chi connectivity index (χ1v) is 6.69. The van der Waals surface area contributed by atoms with Gasteiger partial charge in [0.05, 0.1) is 5.56 Å². The zero-order valence-electron chi connectivity index (χ0n) is 11.6. The fourth-order valence-corrected chi connectivity index (χ4v) is 2.21. The number of halogens is 3. The Bertz CT molecular complexity index is 644. The molecule has 0 fully saturated rings. The quantitative estimate of drug-likeness (QED) is 0.733. The zero-order valence-corrected chi connectivity index (χ0v) is 11.6. The normalized spacial score (nSPS) is 11.4. The molecular formula is C17H15F3O. The maximum Gasteiger partial charge on any atom is 0.416 e. The van der Waals surface area contributed by atoms with E-state index in [0.29, 0.717) is 24.0 Å². The van der Waals surface area contributed by atoms with Crippen LogP contribution in [-0.4, -0.2) is 5.78 Å². The van der Waals surface area contributed by atoms with Gasteiger partial charge < -0.3 is 0 Å². The maximum absolute atomic E-state index is 12.7. The summed E-state index contributed by atoms with van der Waals surface area (Å²) in [6.07, 6.45) is -3.67. The molecule has 0 bridgehead atoms. The van der Waals surface area contributed by atoms with Gasteiger partial charge in [-0.05, 0) is 23.6 Å². The van der Waals surface area contributed by atoms with Crippen molar-refractivity contribution in [2.24, 2.45) is 0 Å². The van der Waals surface area contributed by atoms with E-state index in [1.807, 2.05) is 0 Å². The predicted octanol–water partition coefficient (Wildman–Crippen LogP) is 4.89. The highest BCUT2D eigenvalue weighted by Gasteiger charge is 2.30. The number of hydrogen-bond donors (Lipinski definition) is 0. The Morgan fingerprint density at radius 1 is 1.05 bits per heavy atom. The Morgan fingerprint density at radius 3 is 2.43 bits per heavy atom. The third-order valence-electron chi connectivity index (χ3n) is 3.29. The molecule has 4 heteroatoms. The molecule has 0 heterocycles. The molecular weight excluding hydrogens is 277 g/mol. The Balaban J connectivity index is 2.33. The van der Waals surface area contributed by atoms with Gasteiger partial charge >= 0.3 is 6.18 Å². The second-order valence-corrected chi connectivity index (χ2v) is 4.81. The number of Topliss-reactive ketones (excluding diaryl/α,β-unsaturated/α-hetero) is 1. The lowest BCUT2D eigenvalue weighted by molar-refractivity contribution is -0.137. The number of hydrogen-bond acceptors (Lipinski definition) is 1. The van der Waals surface area contributed by atoms with E-state index >= 15 is 0 Å². The summed E-state index contributed by atoms with van der Waals surface area (Å²) in [6, 6.07) is 12.3. The molecule has 0 aromatic heterocycles. The molecule has 0 unspecified atom stereocenters. The molecule has 21 heavy (non-hydrogen) atoms. The molecule has 2 rings (SSSR count). The van der Waals surface area contributed by atoms with Crippen LogP contribution >= 0.6 is 0 Å². The van der Waals surface area contributed by atoms with Crippen molar-refractivity contribution < 1.29 is 18.0 Å². The summed E-state index contributed by atoms with van der Waals surface area (Å²) in [6.45, 7) is 1.77. The second-order valence-electron chi connectivity index (χ2n) is 4.81. The lowest BCUT2D eigenvalue weighted by Gasteiger charge is -2.11. The van der Waals surface area contributed by atoms with Gasteiger partial charge in [-0.25, -0.2) is 0 Å². The first-order valence-electron chi connectivity index (χ1n) is 6.69. The molecule has 0 aliphatic heterocycles. The van der Waals surface area contributed by atoms with Crippen molar-refractivity contribution in [3.63, 3.8) is 0 Å². The minimum atomic E-state index is -4.35. The second kappa shape index (κ2) is 6.12. The van der Waals surface area contributed by atoms with Crippen molar-refractivity contribution in [1.29, 1.82) is 0 Å². The summed E-state index contributed by atoms with van der Waals surface area (Å²) in [5, 5.41) is 0. The monoisotopic (exact) mass is 292 g/mol. The number of rotatable bonds is 4. The fraction of sp³-hybridized carbons (Fsp3) is 0.235. The summed E-state index contributed by atoms with van der Waals surface area (Å²) in [7, 11) is 0. The van der Waals surface area contributed by atoms with Gasteiger partial charge in [0.25, 0.3) is 0 Å². The van der Waals surface area contributed by atoms with E-state index in [1.54, 1.807) is 37.3 Å². The maximum atomic E-state index is 12.7. The van der Waals surface area contributed by atoms with Crippen molar-refractivity contribution in [3.8, 4) is 0 Å². The first-order chi connectivity index (χ1) is 9.91. The molecule has 0 atom stereocenters. The molecule has 0 saturated carbocycles. The SMILES string of the molecule is CCC(=O)c1ccccc1Cc1cccc(C(F)(F)F)c1. The van der Waals surface area contributed by atoms with Gasteiger partial charge in [-0.15, -0.1) is 0 Å². The Hall–Kier alpha value is -2.10. The molecule has 110 valence electrons. The fourth-order valence-electron chi connectivity index (χ4n) is 2.21. The summed E-state index contributed by atoms with van der Waals surface area (Å²) in [4.78, 5) is 11.9. The zero-order chi connectivity index (χ0) is 15.5. The summed E-state index contributed by atoms with van der Waals surface area (Å²) < 4.78 is 38.1. The van der Waals surface area contributed by atoms with Crippen LogP contribution < -0.4 is 0 Å². The van der Waals surface area contributed by atoms with Crippen molar-refractivity contribution in [1.82, 2.24) is 0 Å². The third-order valence-corrected chi connectivity index (χ3v) is 3.29. The number of carbonyl (C=O) groups excluding carboxylic acids is 1. The Labute approximate surface area is 121 Å². The van der Waals surface area contributed by atoms with Gasteiger partial charge in [0.2, 0.25) is 0 Å². The molecule has 0 N–H and O–H groups in total. The van der Waals surface area contributed by atoms with Gasteiger partial charge in [0.1, 0.15) is 0 Å². The number of alkyl halides is 3. The van der Waals surface area contributed by atoms with E-state index < -0.39 is 11.7 Å². The minimum absolute atomic E-state index is 0.00224. The van der Waals surface area contributed by atoms with Gasteiger partial charge in [-0.1, -0.05) is 49.4 Å². The van der Waals surface area contributed by atoms with E-state index in [1.165, 1.54) is 6.07 Å². The van der Waals surface area contributed by atoms with Crippen LogP contribution in [-0.2, 0) is 12.6 Å². The van der Waals surface area contributed by atoms with E-state index in [2.05, 4.69) is 0 Å². The molecule has 0 saturated heterocycles. The topological polar surface area (TPSA) is 17.1 Å². The van der Waals surface area contributed by atoms with Crippen LogP contribution in [0.25, 0.3) is 0 Å². The molecule has 0 amide bonds. The summed E-state index contributed by atoms with van der Waals surface area (Å²) >= 11 is 0. The van der Waals surface area contributed by atoms with Gasteiger partial charge in [-0.3, -0.25) is 4.79 Å². The van der Waals surface area contributed by atoms with Gasteiger partial charge in [0, 0.05) is 12.0 Å². The number of ketones is 1. The molecule has 2 aromatic carbocycles. The molecule has 0 aliphatic rings. The van der Waals surface area contributed by atoms with E-state index in [4.69, 9.17) is 0 Å². The predicted molar refractivity (Wildman–Crippen MR) is 75.3 cm³/mol. The number of carbonyl (C=O) groups is 1. The third kappa shape index (κ3) is 3.72. The van der Waals surface area contributed by atoms with Crippen molar-refractivity contribution >= 4 is 5.78 Å². The highest BCUT2D eigenvalue weighted by atomic mass is 19.4. The Kier molecular flexibility index (Phi) is 4.46. The highest BCUT2D eigenvalue weighted by molar-refractivity contribution is 5.97. The van der Waals surface area contributed by atoms with Crippen molar-refractivity contribution in [3.05, 3.63) is 70.8 Å². The standard InChI is InChI=1S/C17H15F3O/c1-2-16(21)15-9-4-3-7-13(15)10-12-6-5-8-14(11-12)17(18,19)20/h3-9,11H,2,10H2,1H3. The van der Waals surface area contributed by atoms with Crippen LogP contribution in [0.1, 0.15) is 40.4 Å². The van der Waals surface area contributed by atoms with Crippen LogP contribution in [0.15, 0.2) is 48.5 Å². The first kappa shape index (κ1) is 15.3. The smallest absolute Gasteiger partial charge is 0.294 e. The van der Waals surface area contributed by atoms with Crippen LogP contribution in [0.4, 0.5) is 13.2 Å². The van der Waals surface area contributed by atoms with Crippen molar-refractivity contribution in [2.45, 2.75) is 25.9 Å². The average molecular weight is 292 g/mol. The van der Waals surface area contributed by atoms with Crippen LogP contribution in [0, 0.1) is 0 Å². The lowest BCUT2D eigenvalue weighted by atomic mass is 9.95. The average Bonchev–Trinajstić information content (AvgIpc) is 2.46. The van der Waals surface area contributed by atoms with E-state index in [0.717, 1.165) is 17.7 Å². The molecule has 0 aliphatic carbocycles.